The van der Waals surface area contributed by atoms with Crippen LogP contribution in [0.15, 0.2) is 27.4 Å². The van der Waals surface area contributed by atoms with Gasteiger partial charge in [-0.2, -0.15) is 5.10 Å². The molecule has 1 N–H and O–H groups in total. The monoisotopic (exact) mass is 297 g/mol. The predicted molar refractivity (Wildman–Crippen MR) is 75.8 cm³/mol. The summed E-state index contributed by atoms with van der Waals surface area (Å²) in [4.78, 5) is 5.62. The molecule has 0 fully saturated rings. The molecule has 3 nitrogen and oxygen atoms in total. The van der Waals surface area contributed by atoms with Crippen molar-refractivity contribution in [3.8, 4) is 0 Å². The quantitative estimate of drug-likeness (QED) is 0.717. The van der Waals surface area contributed by atoms with Crippen LogP contribution in [0.5, 0.6) is 0 Å². The Bertz CT molecular complexity index is 724. The van der Waals surface area contributed by atoms with Crippen molar-refractivity contribution in [2.75, 3.05) is 0 Å². The number of rotatable bonds is 2. The van der Waals surface area contributed by atoms with Gasteiger partial charge in [0, 0.05) is 4.90 Å². The summed E-state index contributed by atoms with van der Waals surface area (Å²) in [5.41, 5.74) is 1.05. The Morgan fingerprint density at radius 1 is 1.35 bits per heavy atom. The fourth-order valence-corrected chi connectivity index (χ4v) is 4.34. The first-order valence-electron chi connectivity index (χ1n) is 4.81. The van der Waals surface area contributed by atoms with E-state index in [1.807, 2.05) is 6.92 Å². The molecule has 0 spiro atoms. The molecular weight excluding hydrogens is 290 g/mol. The maximum absolute atomic E-state index is 5.01. The summed E-state index contributed by atoms with van der Waals surface area (Å²) in [6.07, 6.45) is 0. The Morgan fingerprint density at radius 3 is 3.00 bits per heavy atom. The molecule has 0 bridgehead atoms. The average Bonchev–Trinajstić information content (AvgIpc) is 2.83. The molecule has 0 atom stereocenters. The summed E-state index contributed by atoms with van der Waals surface area (Å²) >= 11 is 9.81. The molecule has 2 heterocycles. The van der Waals surface area contributed by atoms with Crippen LogP contribution >= 0.6 is 46.7 Å². The zero-order valence-electron chi connectivity index (χ0n) is 8.76. The summed E-state index contributed by atoms with van der Waals surface area (Å²) < 4.78 is 2.86. The molecule has 3 aromatic rings. The summed E-state index contributed by atoms with van der Waals surface area (Å²) in [6.45, 7) is 2.02. The minimum atomic E-state index is 0.707. The molecule has 0 aliphatic heterocycles. The van der Waals surface area contributed by atoms with E-state index in [4.69, 9.17) is 12.2 Å². The Hall–Kier alpha value is -0.760. The largest absolute Gasteiger partial charge is 0.257 e. The van der Waals surface area contributed by atoms with Crippen molar-refractivity contribution in [2.24, 2.45) is 0 Å². The van der Waals surface area contributed by atoms with E-state index in [9.17, 15) is 0 Å². The van der Waals surface area contributed by atoms with E-state index in [1.165, 1.54) is 16.0 Å². The van der Waals surface area contributed by atoms with Crippen LogP contribution in [0, 0.1) is 10.9 Å². The molecule has 0 aliphatic carbocycles. The number of H-pyrrole nitrogens is 1. The van der Waals surface area contributed by atoms with Crippen LogP contribution in [-0.4, -0.2) is 15.2 Å². The topological polar surface area (TPSA) is 41.6 Å². The van der Waals surface area contributed by atoms with E-state index in [0.717, 1.165) is 19.8 Å². The van der Waals surface area contributed by atoms with Crippen LogP contribution in [-0.2, 0) is 0 Å². The molecule has 0 aliphatic rings. The van der Waals surface area contributed by atoms with E-state index in [1.54, 1.807) is 23.1 Å². The van der Waals surface area contributed by atoms with Crippen molar-refractivity contribution in [3.63, 3.8) is 0 Å². The van der Waals surface area contributed by atoms with Gasteiger partial charge in [-0.1, -0.05) is 23.1 Å². The number of aromatic nitrogens is 3. The van der Waals surface area contributed by atoms with Crippen LogP contribution < -0.4 is 0 Å². The number of hydrogen-bond donors (Lipinski definition) is 1. The fourth-order valence-electron chi connectivity index (χ4n) is 1.45. The maximum atomic E-state index is 5.01. The van der Waals surface area contributed by atoms with Gasteiger partial charge in [0.25, 0.3) is 0 Å². The fraction of sp³-hybridized carbons (Fsp3) is 0.100. The van der Waals surface area contributed by atoms with Gasteiger partial charge in [-0.05, 0) is 37.3 Å². The van der Waals surface area contributed by atoms with E-state index in [0.29, 0.717) is 3.95 Å². The molecular formula is C10H7N3S4. The van der Waals surface area contributed by atoms with Gasteiger partial charge in [0.2, 0.25) is 0 Å². The number of hydrogen-bond acceptors (Lipinski definition) is 6. The van der Waals surface area contributed by atoms with Crippen molar-refractivity contribution in [3.05, 3.63) is 27.2 Å². The second kappa shape index (κ2) is 4.49. The summed E-state index contributed by atoms with van der Waals surface area (Å²) in [6, 6.07) is 6.29. The normalized spacial score (nSPS) is 11.1. The highest BCUT2D eigenvalue weighted by Gasteiger charge is 2.05. The van der Waals surface area contributed by atoms with Crippen LogP contribution in [0.3, 0.4) is 0 Å². The maximum Gasteiger partial charge on any atom is 0.177 e. The van der Waals surface area contributed by atoms with Gasteiger partial charge in [-0.3, -0.25) is 5.10 Å². The van der Waals surface area contributed by atoms with E-state index >= 15 is 0 Å². The molecule has 17 heavy (non-hydrogen) atoms. The number of aromatic amines is 1. The number of nitrogens with zero attached hydrogens (tertiary/aromatic N) is 2. The van der Waals surface area contributed by atoms with E-state index in [-0.39, 0.29) is 0 Å². The minimum absolute atomic E-state index is 0.707. The molecule has 0 saturated carbocycles. The van der Waals surface area contributed by atoms with Crippen LogP contribution in [0.2, 0.25) is 0 Å². The van der Waals surface area contributed by atoms with Crippen molar-refractivity contribution in [2.45, 2.75) is 16.2 Å². The van der Waals surface area contributed by atoms with Crippen LogP contribution in [0.4, 0.5) is 0 Å². The summed E-state index contributed by atoms with van der Waals surface area (Å²) in [7, 11) is 0. The summed E-state index contributed by atoms with van der Waals surface area (Å²) in [5.74, 6) is 0. The lowest BCUT2D eigenvalue weighted by Gasteiger charge is -1.96. The lowest BCUT2D eigenvalue weighted by molar-refractivity contribution is 1.00. The highest BCUT2D eigenvalue weighted by molar-refractivity contribution is 8.01. The van der Waals surface area contributed by atoms with Crippen molar-refractivity contribution >= 4 is 56.9 Å². The third-order valence-corrected chi connectivity index (χ3v) is 5.18. The van der Waals surface area contributed by atoms with Crippen molar-refractivity contribution < 1.29 is 0 Å². The van der Waals surface area contributed by atoms with Gasteiger partial charge < -0.3 is 0 Å². The number of nitrogens with one attached hydrogen (secondary N) is 1. The average molecular weight is 297 g/mol. The Balaban J connectivity index is 1.97. The predicted octanol–water partition coefficient (Wildman–Crippen LogP) is 4.27. The Kier molecular flexibility index (Phi) is 2.99. The molecule has 0 radical (unpaired) electrons. The third-order valence-electron chi connectivity index (χ3n) is 2.09. The number of thiazole rings is 1. The molecule has 1 aromatic carbocycles. The first kappa shape index (κ1) is 11.3. The summed E-state index contributed by atoms with van der Waals surface area (Å²) in [5, 5.41) is 8.00. The van der Waals surface area contributed by atoms with E-state index in [2.05, 4.69) is 33.4 Å². The van der Waals surface area contributed by atoms with Gasteiger partial charge in [-0.25, -0.2) is 4.98 Å². The molecule has 3 rings (SSSR count). The Labute approximate surface area is 115 Å². The Morgan fingerprint density at radius 2 is 2.24 bits per heavy atom. The molecule has 7 heteroatoms. The zero-order valence-corrected chi connectivity index (χ0v) is 12.0. The number of benzene rings is 1. The SMILES string of the molecule is Cc1nc2cc(Sc3n[nH]c(=S)s3)ccc2s1. The molecule has 86 valence electrons. The van der Waals surface area contributed by atoms with Gasteiger partial charge in [0.05, 0.1) is 15.2 Å². The minimum Gasteiger partial charge on any atom is -0.257 e. The van der Waals surface area contributed by atoms with Gasteiger partial charge >= 0.3 is 0 Å². The van der Waals surface area contributed by atoms with Crippen molar-refractivity contribution in [1.29, 1.82) is 0 Å². The number of aryl methyl sites for hydroxylation is 1. The lowest BCUT2D eigenvalue weighted by Crippen LogP contribution is -1.74. The lowest BCUT2D eigenvalue weighted by atomic mass is 10.3. The van der Waals surface area contributed by atoms with Crippen LogP contribution in [0.1, 0.15) is 5.01 Å². The van der Waals surface area contributed by atoms with Crippen LogP contribution in [0.25, 0.3) is 10.2 Å². The zero-order chi connectivity index (χ0) is 11.8. The first-order valence-corrected chi connectivity index (χ1v) is 7.67. The van der Waals surface area contributed by atoms with Gasteiger partial charge in [0.15, 0.2) is 8.29 Å². The molecule has 0 saturated heterocycles. The third kappa shape index (κ3) is 2.42. The van der Waals surface area contributed by atoms with E-state index < -0.39 is 0 Å². The standard InChI is InChI=1S/C10H7N3S4/c1-5-11-7-4-6(2-3-8(7)15-5)16-10-13-12-9(14)17-10/h2-4H,1H3,(H,12,14). The molecule has 0 amide bonds. The van der Waals surface area contributed by atoms with Gasteiger partial charge in [-0.15, -0.1) is 11.3 Å². The second-order valence-corrected chi connectivity index (χ2v) is 7.56. The highest BCUT2D eigenvalue weighted by atomic mass is 32.2. The highest BCUT2D eigenvalue weighted by Crippen LogP contribution is 2.32. The first-order chi connectivity index (χ1) is 8.20. The van der Waals surface area contributed by atoms with Gasteiger partial charge in [0.1, 0.15) is 0 Å². The molecule has 2 aromatic heterocycles. The molecule has 0 unspecified atom stereocenters. The number of fused-ring (bicyclic) bond motifs is 1. The second-order valence-electron chi connectivity index (χ2n) is 3.34. The van der Waals surface area contributed by atoms with Crippen molar-refractivity contribution in [1.82, 2.24) is 15.2 Å². The smallest absolute Gasteiger partial charge is 0.177 e.